The van der Waals surface area contributed by atoms with Crippen LogP contribution in [0.15, 0.2) is 0 Å². The van der Waals surface area contributed by atoms with Gasteiger partial charge in [-0.1, -0.05) is 0 Å². The van der Waals surface area contributed by atoms with E-state index in [2.05, 4.69) is 0 Å². The summed E-state index contributed by atoms with van der Waals surface area (Å²) in [5.74, 6) is 0. The molecule has 0 aliphatic heterocycles. The van der Waals surface area contributed by atoms with E-state index in [1.165, 1.54) is 0 Å². The van der Waals surface area contributed by atoms with Crippen molar-refractivity contribution in [1.82, 2.24) is 0 Å². The van der Waals surface area contributed by atoms with Gasteiger partial charge >= 0.3 is 17.1 Å². The first-order valence-corrected chi connectivity index (χ1v) is 1.64. The molecular weight excluding hydrogens is 242 g/mol. The summed E-state index contributed by atoms with van der Waals surface area (Å²) in [6.45, 7) is 0. The third kappa shape index (κ3) is 189. The molecule has 0 radical (unpaired) electrons. The van der Waals surface area contributed by atoms with E-state index < -0.39 is 15.3 Å². The Bertz CT molecular complexity index is 112. The number of hydrogen-bond donors (Lipinski definition) is 0. The van der Waals surface area contributed by atoms with Crippen molar-refractivity contribution in [1.29, 1.82) is 0 Å². The van der Waals surface area contributed by atoms with Crippen LogP contribution in [0.1, 0.15) is 0 Å². The van der Waals surface area contributed by atoms with E-state index in [-0.39, 0.29) is 17.1 Å². The first-order chi connectivity index (χ1) is 5.20. The van der Waals surface area contributed by atoms with E-state index >= 15 is 0 Å². The molecule has 12 nitrogen and oxygen atoms in total. The zero-order valence-corrected chi connectivity index (χ0v) is 6.47. The quantitative estimate of drug-likeness (QED) is 0.298. The van der Waals surface area contributed by atoms with Gasteiger partial charge in [-0.05, 0) is 0 Å². The molecule has 0 unspecified atom stereocenters. The van der Waals surface area contributed by atoms with Gasteiger partial charge < -0.3 is 46.0 Å². The Kier molecular flexibility index (Phi) is 28.7. The zero-order chi connectivity index (χ0) is 10.7. The first-order valence-electron chi connectivity index (χ1n) is 1.64. The van der Waals surface area contributed by atoms with Crippen LogP contribution in [-0.2, 0) is 17.1 Å². The molecule has 0 bridgehead atoms. The largest absolute Gasteiger partial charge is 2.00 e. The fourth-order valence-corrected chi connectivity index (χ4v) is 0. The Morgan fingerprint density at radius 3 is 0.538 bits per heavy atom. The van der Waals surface area contributed by atoms with Crippen molar-refractivity contribution in [3.05, 3.63) is 46.0 Å². The summed E-state index contributed by atoms with van der Waals surface area (Å²) < 4.78 is 0. The van der Waals surface area contributed by atoms with Crippen molar-refractivity contribution in [2.45, 2.75) is 0 Å². The van der Waals surface area contributed by atoms with E-state index in [1.807, 2.05) is 0 Å². The maximum absolute atomic E-state index is 8.25. The maximum Gasteiger partial charge on any atom is 2.00 e. The average molecular weight is 242 g/mol. The van der Waals surface area contributed by atoms with Crippen molar-refractivity contribution < 1.29 is 32.3 Å². The van der Waals surface area contributed by atoms with Crippen molar-refractivity contribution in [3.63, 3.8) is 0 Å². The third-order valence-electron chi connectivity index (χ3n) is 0. The Morgan fingerprint density at radius 2 is 0.538 bits per heavy atom. The van der Waals surface area contributed by atoms with Crippen LogP contribution >= 0.6 is 0 Å². The second-order valence-corrected chi connectivity index (χ2v) is 0.671. The van der Waals surface area contributed by atoms with Gasteiger partial charge in [0.15, 0.2) is 0 Å². The molecule has 0 spiro atoms. The minimum Gasteiger partial charge on any atom is -0.356 e. The molecule has 0 aromatic rings. The molecule has 0 heterocycles. The normalized spacial score (nSPS) is 5.54. The first kappa shape index (κ1) is 22.5. The van der Waals surface area contributed by atoms with Crippen molar-refractivity contribution >= 4 is 0 Å². The molecule has 0 aromatic carbocycles. The Labute approximate surface area is 79.2 Å². The average Bonchev–Trinajstić information content (AvgIpc) is 1.54. The summed E-state index contributed by atoms with van der Waals surface area (Å²) in [7, 11) is 0. The molecule has 0 atom stereocenters. The summed E-state index contributed by atoms with van der Waals surface area (Å²) in [4.78, 5) is 24.8. The van der Waals surface area contributed by atoms with Crippen molar-refractivity contribution in [3.8, 4) is 0 Å². The predicted octanol–water partition coefficient (Wildman–Crippen LogP) is -0.720. The predicted molar refractivity (Wildman–Crippen MR) is 31.1 cm³/mol. The molecule has 0 amide bonds. The van der Waals surface area contributed by atoms with E-state index in [9.17, 15) is 0 Å². The standard InChI is InChI=1S/Fe.3NO3/c;3*2-1(3)4/q+2;3*-1. The van der Waals surface area contributed by atoms with Crippen LogP contribution < -0.4 is 0 Å². The van der Waals surface area contributed by atoms with Gasteiger partial charge in [-0.15, -0.1) is 0 Å². The molecule has 0 saturated carbocycles. The van der Waals surface area contributed by atoms with Gasteiger partial charge in [0.2, 0.25) is 0 Å². The van der Waals surface area contributed by atoms with Crippen molar-refractivity contribution in [2.24, 2.45) is 0 Å². The molecule has 0 aromatic heterocycles. The summed E-state index contributed by atoms with van der Waals surface area (Å²) >= 11 is 0. The SMILES string of the molecule is O=[N+]([O-])[O-].O=[N+]([O-])[O-].O=[N+]([O-])[O-].[Fe+2]. The molecule has 13 heavy (non-hydrogen) atoms. The molecule has 0 fully saturated rings. The van der Waals surface area contributed by atoms with Crippen LogP contribution in [0.2, 0.25) is 0 Å². The Balaban J connectivity index is -0.0000000450. The second kappa shape index (κ2) is 16.6. The van der Waals surface area contributed by atoms with Crippen LogP contribution in [0.5, 0.6) is 0 Å². The maximum atomic E-state index is 8.25. The van der Waals surface area contributed by atoms with Crippen LogP contribution in [-0.4, -0.2) is 15.3 Å². The van der Waals surface area contributed by atoms with Gasteiger partial charge in [-0.2, -0.15) is 0 Å². The second-order valence-electron chi connectivity index (χ2n) is 0.671. The van der Waals surface area contributed by atoms with Crippen LogP contribution in [0.25, 0.3) is 0 Å². The number of rotatable bonds is 0. The summed E-state index contributed by atoms with van der Waals surface area (Å²) in [6.07, 6.45) is 0. The smallest absolute Gasteiger partial charge is 0.356 e. The van der Waals surface area contributed by atoms with Crippen LogP contribution in [0.4, 0.5) is 0 Å². The Hall–Kier alpha value is -1.88. The van der Waals surface area contributed by atoms with Gasteiger partial charge in [0.25, 0.3) is 0 Å². The van der Waals surface area contributed by atoms with Gasteiger partial charge in [-0.3, -0.25) is 0 Å². The zero-order valence-electron chi connectivity index (χ0n) is 5.37. The molecule has 0 rings (SSSR count). The van der Waals surface area contributed by atoms with E-state index in [4.69, 9.17) is 46.0 Å². The minimum atomic E-state index is -1.75. The van der Waals surface area contributed by atoms with Gasteiger partial charge in [0.05, 0.1) is 15.3 Å². The minimum absolute atomic E-state index is 0. The fraction of sp³-hybridized carbons (Fsp3) is 0. The summed E-state index contributed by atoms with van der Waals surface area (Å²) in [5.41, 5.74) is 0. The number of hydrogen-bond acceptors (Lipinski definition) is 9. The van der Waals surface area contributed by atoms with E-state index in [1.54, 1.807) is 0 Å². The molecule has 13 heteroatoms. The molecule has 0 saturated heterocycles. The van der Waals surface area contributed by atoms with Gasteiger partial charge in [0, 0.05) is 0 Å². The summed E-state index contributed by atoms with van der Waals surface area (Å²) in [5, 5.41) is 44.2. The van der Waals surface area contributed by atoms with Gasteiger partial charge in [0.1, 0.15) is 0 Å². The van der Waals surface area contributed by atoms with Crippen molar-refractivity contribution in [2.75, 3.05) is 0 Å². The molecule has 0 aliphatic carbocycles. The van der Waals surface area contributed by atoms with E-state index in [0.29, 0.717) is 0 Å². The molecule has 0 N–H and O–H groups in total. The van der Waals surface area contributed by atoms with Crippen LogP contribution in [0, 0.1) is 46.0 Å². The fourth-order valence-electron chi connectivity index (χ4n) is 0. The van der Waals surface area contributed by atoms with E-state index in [0.717, 1.165) is 0 Å². The third-order valence-corrected chi connectivity index (χ3v) is 0. The summed E-state index contributed by atoms with van der Waals surface area (Å²) in [6, 6.07) is 0. The molecular formula is FeN3O9-. The molecule has 78 valence electrons. The topological polar surface area (TPSA) is 199 Å². The number of nitrogens with zero attached hydrogens (tertiary/aromatic N) is 3. The monoisotopic (exact) mass is 242 g/mol. The molecule has 0 aliphatic rings. The van der Waals surface area contributed by atoms with Gasteiger partial charge in [-0.25, -0.2) is 0 Å². The van der Waals surface area contributed by atoms with Crippen LogP contribution in [0.3, 0.4) is 0 Å². The Morgan fingerprint density at radius 1 is 0.538 bits per heavy atom.